The molecule has 1 aliphatic rings. The van der Waals surface area contributed by atoms with Gasteiger partial charge in [-0.3, -0.25) is 0 Å². The Kier molecular flexibility index (Phi) is 26.0. The van der Waals surface area contributed by atoms with E-state index >= 15 is 0 Å². The van der Waals surface area contributed by atoms with Crippen molar-refractivity contribution in [1.82, 2.24) is 0 Å². The summed E-state index contributed by atoms with van der Waals surface area (Å²) >= 11 is 0. The Balaban J connectivity index is 0.000000878. The predicted molar refractivity (Wildman–Crippen MR) is 207 cm³/mol. The number of aromatic carboxylic acids is 1. The van der Waals surface area contributed by atoms with Crippen LogP contribution in [0.15, 0.2) is 97.1 Å². The fourth-order valence-electron chi connectivity index (χ4n) is 4.81. The largest absolute Gasteiger partial charge is 1.00 e. The topological polar surface area (TPSA) is 140 Å². The van der Waals surface area contributed by atoms with E-state index in [0.29, 0.717) is 18.3 Å². The molecule has 1 fully saturated rings. The summed E-state index contributed by atoms with van der Waals surface area (Å²) in [4.78, 5) is 22.4. The van der Waals surface area contributed by atoms with E-state index in [2.05, 4.69) is 30.6 Å². The Labute approximate surface area is 348 Å². The molecule has 0 radical (unpaired) electrons. The van der Waals surface area contributed by atoms with E-state index in [1.807, 2.05) is 48.5 Å². The van der Waals surface area contributed by atoms with E-state index in [0.717, 1.165) is 40.0 Å². The number of esters is 1. The Bertz CT molecular complexity index is 1790. The molecule has 1 aliphatic heterocycles. The Hall–Kier alpha value is -4.30. The van der Waals surface area contributed by atoms with Crippen molar-refractivity contribution in [3.05, 3.63) is 149 Å². The number of benzene rings is 4. The van der Waals surface area contributed by atoms with Gasteiger partial charge < -0.3 is 46.4 Å². The minimum Gasteiger partial charge on any atom is -0.870 e. The van der Waals surface area contributed by atoms with E-state index in [1.54, 1.807) is 71.8 Å². The van der Waals surface area contributed by atoms with Gasteiger partial charge in [0.2, 0.25) is 0 Å². The minimum absolute atomic E-state index is 0. The maximum absolute atomic E-state index is 11.6. The van der Waals surface area contributed by atoms with Crippen molar-refractivity contribution in [2.45, 2.75) is 45.4 Å². The van der Waals surface area contributed by atoms with E-state index < -0.39 is 5.97 Å². The van der Waals surface area contributed by atoms with E-state index in [4.69, 9.17) is 33.5 Å². The molecule has 4 aromatic rings. The summed E-state index contributed by atoms with van der Waals surface area (Å²) in [5.41, 5.74) is 5.97. The first-order chi connectivity index (χ1) is 25.2. The van der Waals surface area contributed by atoms with Crippen molar-refractivity contribution in [1.29, 1.82) is 0 Å². The smallest absolute Gasteiger partial charge is 0.870 e. The molecule has 5 rings (SSSR count). The van der Waals surface area contributed by atoms with Gasteiger partial charge in [-0.05, 0) is 99.5 Å². The van der Waals surface area contributed by atoms with Crippen molar-refractivity contribution in [3.8, 4) is 23.7 Å². The van der Waals surface area contributed by atoms with Crippen LogP contribution in [0.3, 0.4) is 0 Å². The molecular formula is C44H50NaO10-. The molecule has 55 heavy (non-hydrogen) atoms. The zero-order valence-electron chi connectivity index (χ0n) is 33.0. The van der Waals surface area contributed by atoms with Crippen LogP contribution in [0.5, 0.6) is 0 Å². The fourth-order valence-corrected chi connectivity index (χ4v) is 4.81. The second kappa shape index (κ2) is 28.2. The zero-order valence-corrected chi connectivity index (χ0v) is 35.0. The van der Waals surface area contributed by atoms with Gasteiger partial charge in [0.15, 0.2) is 12.6 Å². The van der Waals surface area contributed by atoms with E-state index in [1.165, 1.54) is 25.0 Å². The van der Waals surface area contributed by atoms with Crippen molar-refractivity contribution in [2.75, 3.05) is 41.7 Å². The first-order valence-corrected chi connectivity index (χ1v) is 16.8. The maximum atomic E-state index is 11.6. The summed E-state index contributed by atoms with van der Waals surface area (Å²) in [6.45, 7) is 5.25. The predicted octanol–water partition coefficient (Wildman–Crippen LogP) is 5.09. The van der Waals surface area contributed by atoms with Crippen LogP contribution in [-0.4, -0.2) is 70.3 Å². The molecule has 0 amide bonds. The quantitative estimate of drug-likeness (QED) is 0.0807. The van der Waals surface area contributed by atoms with Gasteiger partial charge in [-0.25, -0.2) is 9.59 Å². The number of ether oxygens (including phenoxy) is 6. The summed E-state index contributed by atoms with van der Waals surface area (Å²) in [5.74, 6) is 10.9. The molecule has 11 heteroatoms. The first-order valence-electron chi connectivity index (χ1n) is 16.8. The first kappa shape index (κ1) is 50.7. The van der Waals surface area contributed by atoms with Crippen LogP contribution in [0.2, 0.25) is 0 Å². The van der Waals surface area contributed by atoms with Crippen molar-refractivity contribution < 1.29 is 78.2 Å². The third kappa shape index (κ3) is 17.8. The van der Waals surface area contributed by atoms with Crippen LogP contribution in [0, 0.1) is 31.1 Å². The molecule has 1 heterocycles. The third-order valence-electron chi connectivity index (χ3n) is 7.61. The second-order valence-electron chi connectivity index (χ2n) is 11.4. The molecule has 1 atom stereocenters. The van der Waals surface area contributed by atoms with Crippen molar-refractivity contribution in [3.63, 3.8) is 0 Å². The van der Waals surface area contributed by atoms with Gasteiger partial charge in [-0.2, -0.15) is 0 Å². The second-order valence-corrected chi connectivity index (χ2v) is 11.4. The van der Waals surface area contributed by atoms with Crippen LogP contribution in [-0.2, 0) is 28.4 Å². The van der Waals surface area contributed by atoms with Gasteiger partial charge in [0.1, 0.15) is 0 Å². The molecule has 0 bridgehead atoms. The van der Waals surface area contributed by atoms with Crippen LogP contribution in [0.4, 0.5) is 0 Å². The van der Waals surface area contributed by atoms with Gasteiger partial charge in [-0.15, -0.1) is 0 Å². The molecular weight excluding hydrogens is 711 g/mol. The normalized spacial score (nSPS) is 12.3. The number of carbonyl (C=O) groups is 2. The average molecular weight is 762 g/mol. The van der Waals surface area contributed by atoms with E-state index in [-0.39, 0.29) is 66.6 Å². The van der Waals surface area contributed by atoms with Gasteiger partial charge in [-0.1, -0.05) is 47.9 Å². The van der Waals surface area contributed by atoms with Gasteiger partial charge in [0, 0.05) is 68.4 Å². The number of carboxylic acid groups (broad SMARTS) is 1. The fraction of sp³-hybridized carbons (Fsp3) is 0.295. The number of methoxy groups -OCH3 is 4. The number of rotatable bonds is 9. The molecule has 1 saturated heterocycles. The molecule has 0 spiro atoms. The molecule has 1 unspecified atom stereocenters. The molecule has 0 saturated carbocycles. The molecule has 288 valence electrons. The number of hydrogen-bond donors (Lipinski definition) is 1. The van der Waals surface area contributed by atoms with Gasteiger partial charge in [0.25, 0.3) is 0 Å². The Morgan fingerprint density at radius 2 is 1.02 bits per heavy atom. The minimum atomic E-state index is -0.944. The van der Waals surface area contributed by atoms with Crippen molar-refractivity contribution in [2.24, 2.45) is 0 Å². The summed E-state index contributed by atoms with van der Waals surface area (Å²) in [6, 6.07) is 28.8. The molecule has 0 aromatic heterocycles. The zero-order chi connectivity index (χ0) is 37.7. The van der Waals surface area contributed by atoms with Crippen LogP contribution < -0.4 is 29.6 Å². The number of carbonyl (C=O) groups excluding carboxylic acids is 1. The molecule has 10 nitrogen and oxygen atoms in total. The summed E-state index contributed by atoms with van der Waals surface area (Å²) in [6.07, 6.45) is 2.32. The number of carboxylic acids is 1. The average Bonchev–Trinajstić information content (AvgIpc) is 3.67. The van der Waals surface area contributed by atoms with E-state index in [9.17, 15) is 9.59 Å². The van der Waals surface area contributed by atoms with Crippen LogP contribution in [0.1, 0.15) is 93.4 Å². The standard InChI is InChI=1S/C20H20O4.C18H16O4.C5H10O.CH3.Na.H2O/c1-4-24-19(21)17-11-7-15(8-12-17)5-6-16-9-13-18(14-10-16)20(22-2)23-3;1-21-18(22-2)16-11-7-14(8-12-16)4-3-13-5-9-15(10-6-13)17(19)20;1-5-3-2-4-6-5;;;/h7-14,20H,4H2,1-3H3;5-12,18H,1-2H3,(H,19,20);5H,2-4H2,1H3;1H3;;1H2/q;;;-1;+1;/p-1. The summed E-state index contributed by atoms with van der Waals surface area (Å²) in [7, 11) is 6.37. The van der Waals surface area contributed by atoms with Crippen LogP contribution in [0.25, 0.3) is 0 Å². The monoisotopic (exact) mass is 761 g/mol. The van der Waals surface area contributed by atoms with Gasteiger partial charge >= 0.3 is 41.5 Å². The van der Waals surface area contributed by atoms with Crippen LogP contribution >= 0.6 is 0 Å². The van der Waals surface area contributed by atoms with Gasteiger partial charge in [0.05, 0.1) is 23.8 Å². The molecule has 0 aliphatic carbocycles. The molecule has 4 aromatic carbocycles. The Morgan fingerprint density at radius 3 is 1.27 bits per heavy atom. The third-order valence-corrected chi connectivity index (χ3v) is 7.61. The Morgan fingerprint density at radius 1 is 0.673 bits per heavy atom. The molecule has 2 N–H and O–H groups in total. The summed E-state index contributed by atoms with van der Waals surface area (Å²) < 4.78 is 30.9. The number of hydrogen-bond acceptors (Lipinski definition) is 9. The van der Waals surface area contributed by atoms with Crippen molar-refractivity contribution >= 4 is 11.9 Å². The maximum Gasteiger partial charge on any atom is 1.00 e. The SMILES string of the molecule is CC1CCCO1.CCOC(=O)c1ccc(C#Cc2ccc(C(OC)OC)cc2)cc1.COC(OC)c1ccc(C#Cc2ccc(C(=O)O)cc2)cc1.[CH3-].[Na+].[OH-]. The summed E-state index contributed by atoms with van der Waals surface area (Å²) in [5, 5.41) is 8.84.